The molecule has 4 heteroatoms. The third-order valence-electron chi connectivity index (χ3n) is 2.78. The first kappa shape index (κ1) is 9.77. The van der Waals surface area contributed by atoms with Crippen molar-refractivity contribution in [1.82, 2.24) is 4.57 Å². The number of halogens is 1. The van der Waals surface area contributed by atoms with E-state index in [1.165, 1.54) is 0 Å². The standard InChI is InChI=1S/C10H12BrNO2/c1-6-2-8(3-6)12-5-7(11)4-9(12)10(13)14/h4-6,8H,2-3H2,1H3,(H,13,14). The minimum atomic E-state index is -0.852. The molecular weight excluding hydrogens is 246 g/mol. The monoisotopic (exact) mass is 257 g/mol. The van der Waals surface area contributed by atoms with Gasteiger partial charge in [0.15, 0.2) is 0 Å². The van der Waals surface area contributed by atoms with E-state index in [2.05, 4.69) is 22.9 Å². The largest absolute Gasteiger partial charge is 0.477 e. The number of hydrogen-bond donors (Lipinski definition) is 1. The second kappa shape index (κ2) is 3.42. The quantitative estimate of drug-likeness (QED) is 0.886. The van der Waals surface area contributed by atoms with E-state index >= 15 is 0 Å². The number of carboxylic acid groups (broad SMARTS) is 1. The van der Waals surface area contributed by atoms with Crippen molar-refractivity contribution >= 4 is 21.9 Å². The van der Waals surface area contributed by atoms with E-state index in [4.69, 9.17) is 5.11 Å². The van der Waals surface area contributed by atoms with Gasteiger partial charge in [-0.25, -0.2) is 4.79 Å². The maximum Gasteiger partial charge on any atom is 0.352 e. The van der Waals surface area contributed by atoms with Gasteiger partial charge in [-0.15, -0.1) is 0 Å². The molecule has 1 saturated carbocycles. The molecule has 0 saturated heterocycles. The van der Waals surface area contributed by atoms with Crippen LogP contribution in [0.2, 0.25) is 0 Å². The van der Waals surface area contributed by atoms with E-state index < -0.39 is 5.97 Å². The molecule has 14 heavy (non-hydrogen) atoms. The summed E-state index contributed by atoms with van der Waals surface area (Å²) in [5, 5.41) is 8.97. The van der Waals surface area contributed by atoms with E-state index in [1.54, 1.807) is 6.07 Å². The lowest BCUT2D eigenvalue weighted by molar-refractivity contribution is 0.0674. The summed E-state index contributed by atoms with van der Waals surface area (Å²) in [5.74, 6) is -0.127. The van der Waals surface area contributed by atoms with Crippen LogP contribution >= 0.6 is 15.9 Å². The summed E-state index contributed by atoms with van der Waals surface area (Å²) < 4.78 is 2.71. The summed E-state index contributed by atoms with van der Waals surface area (Å²) in [7, 11) is 0. The minimum absolute atomic E-state index is 0.377. The van der Waals surface area contributed by atoms with Gasteiger partial charge in [0, 0.05) is 16.7 Å². The van der Waals surface area contributed by atoms with Crippen LogP contribution in [0.3, 0.4) is 0 Å². The zero-order valence-electron chi connectivity index (χ0n) is 7.90. The van der Waals surface area contributed by atoms with Gasteiger partial charge in [0.25, 0.3) is 0 Å². The van der Waals surface area contributed by atoms with Crippen molar-refractivity contribution in [1.29, 1.82) is 0 Å². The molecule has 1 aliphatic rings. The molecule has 0 amide bonds. The van der Waals surface area contributed by atoms with Gasteiger partial charge in [0.05, 0.1) is 0 Å². The Bertz CT molecular complexity index is 366. The molecule has 2 rings (SSSR count). The highest BCUT2D eigenvalue weighted by Crippen LogP contribution is 2.39. The lowest BCUT2D eigenvalue weighted by Crippen LogP contribution is -2.26. The number of nitrogens with zero attached hydrogens (tertiary/aromatic N) is 1. The van der Waals surface area contributed by atoms with Crippen LogP contribution in [0.25, 0.3) is 0 Å². The molecule has 3 nitrogen and oxygen atoms in total. The van der Waals surface area contributed by atoms with Crippen molar-refractivity contribution in [3.05, 3.63) is 22.4 Å². The van der Waals surface area contributed by atoms with Crippen LogP contribution in [0.15, 0.2) is 16.7 Å². The van der Waals surface area contributed by atoms with Crippen molar-refractivity contribution in [3.8, 4) is 0 Å². The molecule has 0 spiro atoms. The van der Waals surface area contributed by atoms with Crippen molar-refractivity contribution in [2.75, 3.05) is 0 Å². The number of aromatic nitrogens is 1. The summed E-state index contributed by atoms with van der Waals surface area (Å²) in [5.41, 5.74) is 0.383. The van der Waals surface area contributed by atoms with Crippen molar-refractivity contribution in [2.45, 2.75) is 25.8 Å². The third kappa shape index (κ3) is 1.59. The molecule has 0 aliphatic heterocycles. The fourth-order valence-corrected chi connectivity index (χ4v) is 2.44. The summed E-state index contributed by atoms with van der Waals surface area (Å²) >= 11 is 3.30. The maximum atomic E-state index is 10.9. The highest BCUT2D eigenvalue weighted by atomic mass is 79.9. The summed E-state index contributed by atoms with van der Waals surface area (Å²) in [6, 6.07) is 2.04. The summed E-state index contributed by atoms with van der Waals surface area (Å²) in [4.78, 5) is 10.9. The van der Waals surface area contributed by atoms with E-state index in [0.717, 1.165) is 23.2 Å². The normalized spacial score (nSPS) is 25.9. The molecule has 0 aromatic carbocycles. The van der Waals surface area contributed by atoms with Crippen LogP contribution < -0.4 is 0 Å². The fraction of sp³-hybridized carbons (Fsp3) is 0.500. The van der Waals surface area contributed by atoms with Gasteiger partial charge in [-0.1, -0.05) is 6.92 Å². The zero-order valence-corrected chi connectivity index (χ0v) is 9.49. The van der Waals surface area contributed by atoms with E-state index in [0.29, 0.717) is 11.7 Å². The molecule has 1 aromatic heterocycles. The zero-order chi connectivity index (χ0) is 10.3. The number of carbonyl (C=O) groups is 1. The Balaban J connectivity index is 2.28. The van der Waals surface area contributed by atoms with Crippen LogP contribution in [0, 0.1) is 5.92 Å². The molecule has 76 valence electrons. The van der Waals surface area contributed by atoms with Crippen LogP contribution in [0.1, 0.15) is 36.3 Å². The fourth-order valence-electron chi connectivity index (χ4n) is 2.01. The van der Waals surface area contributed by atoms with Gasteiger partial charge in [-0.05, 0) is 40.8 Å². The Hall–Kier alpha value is -0.770. The predicted molar refractivity (Wildman–Crippen MR) is 56.5 cm³/mol. The number of rotatable bonds is 2. The number of hydrogen-bond acceptors (Lipinski definition) is 1. The molecular formula is C10H12BrNO2. The summed E-state index contributed by atoms with van der Waals surface area (Å²) in [6.07, 6.45) is 4.03. The minimum Gasteiger partial charge on any atom is -0.477 e. The molecule has 0 unspecified atom stereocenters. The van der Waals surface area contributed by atoms with Gasteiger partial charge >= 0.3 is 5.97 Å². The molecule has 1 aromatic rings. The predicted octanol–water partition coefficient (Wildman–Crippen LogP) is 2.92. The topological polar surface area (TPSA) is 42.2 Å². The van der Waals surface area contributed by atoms with E-state index in [1.807, 2.05) is 10.8 Å². The highest BCUT2D eigenvalue weighted by molar-refractivity contribution is 9.10. The highest BCUT2D eigenvalue weighted by Gasteiger charge is 2.29. The Kier molecular flexibility index (Phi) is 2.39. The molecule has 0 atom stereocenters. The molecule has 1 N–H and O–H groups in total. The Labute approximate surface area is 90.9 Å². The van der Waals surface area contributed by atoms with Gasteiger partial charge in [-0.3, -0.25) is 0 Å². The van der Waals surface area contributed by atoms with Crippen molar-refractivity contribution in [2.24, 2.45) is 5.92 Å². The molecule has 0 bridgehead atoms. The smallest absolute Gasteiger partial charge is 0.352 e. The molecule has 1 aliphatic carbocycles. The van der Waals surface area contributed by atoms with Crippen LogP contribution in [0.4, 0.5) is 0 Å². The van der Waals surface area contributed by atoms with Crippen molar-refractivity contribution < 1.29 is 9.90 Å². The maximum absolute atomic E-state index is 10.9. The molecule has 1 fully saturated rings. The summed E-state index contributed by atoms with van der Waals surface area (Å²) in [6.45, 7) is 2.19. The van der Waals surface area contributed by atoms with Gasteiger partial charge in [-0.2, -0.15) is 0 Å². The van der Waals surface area contributed by atoms with Gasteiger partial charge < -0.3 is 9.67 Å². The average molecular weight is 258 g/mol. The Morgan fingerprint density at radius 3 is 2.79 bits per heavy atom. The first-order valence-electron chi connectivity index (χ1n) is 4.68. The lowest BCUT2D eigenvalue weighted by Gasteiger charge is -2.34. The first-order valence-corrected chi connectivity index (χ1v) is 5.48. The van der Waals surface area contributed by atoms with E-state index in [-0.39, 0.29) is 0 Å². The van der Waals surface area contributed by atoms with E-state index in [9.17, 15) is 4.79 Å². The van der Waals surface area contributed by atoms with Crippen molar-refractivity contribution in [3.63, 3.8) is 0 Å². The second-order valence-electron chi connectivity index (χ2n) is 3.99. The Morgan fingerprint density at radius 1 is 1.64 bits per heavy atom. The lowest BCUT2D eigenvalue weighted by atomic mass is 9.81. The van der Waals surface area contributed by atoms with Crippen LogP contribution in [-0.4, -0.2) is 15.6 Å². The Morgan fingerprint density at radius 2 is 2.29 bits per heavy atom. The average Bonchev–Trinajstić information content (AvgIpc) is 2.41. The second-order valence-corrected chi connectivity index (χ2v) is 4.90. The SMILES string of the molecule is CC1CC(n2cc(Br)cc2C(=O)O)C1. The van der Waals surface area contributed by atoms with Crippen LogP contribution in [-0.2, 0) is 0 Å². The third-order valence-corrected chi connectivity index (χ3v) is 3.21. The molecule has 0 radical (unpaired) electrons. The first-order chi connectivity index (χ1) is 6.58. The number of carboxylic acids is 1. The van der Waals surface area contributed by atoms with Crippen LogP contribution in [0.5, 0.6) is 0 Å². The molecule has 1 heterocycles. The van der Waals surface area contributed by atoms with Gasteiger partial charge in [0.2, 0.25) is 0 Å². The van der Waals surface area contributed by atoms with Gasteiger partial charge in [0.1, 0.15) is 5.69 Å². The number of aromatic carboxylic acids is 1.